The van der Waals surface area contributed by atoms with Gasteiger partial charge in [0.05, 0.1) is 13.7 Å². The highest BCUT2D eigenvalue weighted by molar-refractivity contribution is 6.05. The Hall–Kier alpha value is -2.93. The SMILES string of the molecule is COc1cc(O[C@H]2O[C@@H](CO)[C@H](O)[C@H](O)[C@@H]2O)c2c(c1)O[C@H](c1ccc(O)cc1)[C@H](O)C2=O. The van der Waals surface area contributed by atoms with E-state index < -0.39 is 55.3 Å². The molecule has 11 heteroatoms. The summed E-state index contributed by atoms with van der Waals surface area (Å²) >= 11 is 0. The van der Waals surface area contributed by atoms with Crippen LogP contribution in [0, 0.1) is 0 Å². The first-order chi connectivity index (χ1) is 15.7. The van der Waals surface area contributed by atoms with Crippen molar-refractivity contribution in [2.45, 2.75) is 42.9 Å². The Morgan fingerprint density at radius 3 is 2.33 bits per heavy atom. The van der Waals surface area contributed by atoms with Gasteiger partial charge in [-0.25, -0.2) is 0 Å². The summed E-state index contributed by atoms with van der Waals surface area (Å²) < 4.78 is 22.1. The monoisotopic (exact) mass is 464 g/mol. The molecule has 2 aromatic carbocycles. The van der Waals surface area contributed by atoms with E-state index in [9.17, 15) is 35.4 Å². The van der Waals surface area contributed by atoms with Crippen LogP contribution in [0.3, 0.4) is 0 Å². The molecule has 4 rings (SSSR count). The lowest BCUT2D eigenvalue weighted by Gasteiger charge is -2.40. The lowest BCUT2D eigenvalue weighted by atomic mass is 9.92. The maximum Gasteiger partial charge on any atom is 0.229 e. The van der Waals surface area contributed by atoms with E-state index in [2.05, 4.69) is 0 Å². The molecule has 11 nitrogen and oxygen atoms in total. The van der Waals surface area contributed by atoms with Gasteiger partial charge < -0.3 is 49.6 Å². The summed E-state index contributed by atoms with van der Waals surface area (Å²) in [7, 11) is 1.37. The van der Waals surface area contributed by atoms with E-state index in [4.69, 9.17) is 18.9 Å². The third-order valence-electron chi connectivity index (χ3n) is 5.64. The molecule has 1 saturated heterocycles. The molecule has 2 heterocycles. The Balaban J connectivity index is 1.70. The van der Waals surface area contributed by atoms with Gasteiger partial charge in [-0.1, -0.05) is 12.1 Å². The third kappa shape index (κ3) is 4.22. The Labute approximate surface area is 188 Å². The van der Waals surface area contributed by atoms with Gasteiger partial charge in [0.15, 0.2) is 12.2 Å². The fourth-order valence-corrected chi connectivity index (χ4v) is 3.80. The van der Waals surface area contributed by atoms with E-state index in [1.165, 1.54) is 43.5 Å². The fourth-order valence-electron chi connectivity index (χ4n) is 3.80. The smallest absolute Gasteiger partial charge is 0.229 e. The molecule has 2 aliphatic rings. The highest BCUT2D eigenvalue weighted by Crippen LogP contribution is 2.43. The summed E-state index contributed by atoms with van der Waals surface area (Å²) in [5.74, 6) is -0.643. The zero-order chi connectivity index (χ0) is 23.9. The van der Waals surface area contributed by atoms with Crippen LogP contribution in [0.2, 0.25) is 0 Å². The minimum Gasteiger partial charge on any atom is -0.508 e. The van der Waals surface area contributed by atoms with Crippen LogP contribution in [0.1, 0.15) is 22.0 Å². The molecule has 0 bridgehead atoms. The number of phenols is 1. The van der Waals surface area contributed by atoms with Crippen LogP contribution < -0.4 is 14.2 Å². The quantitative estimate of drug-likeness (QED) is 0.329. The molecule has 0 amide bonds. The molecule has 0 saturated carbocycles. The maximum atomic E-state index is 13.1. The van der Waals surface area contributed by atoms with Gasteiger partial charge in [0.1, 0.15) is 53.0 Å². The van der Waals surface area contributed by atoms with Crippen molar-refractivity contribution in [2.24, 2.45) is 0 Å². The molecule has 0 radical (unpaired) electrons. The number of hydrogen-bond donors (Lipinski definition) is 6. The van der Waals surface area contributed by atoms with Crippen LogP contribution in [0.25, 0.3) is 0 Å². The van der Waals surface area contributed by atoms with Gasteiger partial charge in [-0.15, -0.1) is 0 Å². The molecule has 0 aromatic heterocycles. The van der Waals surface area contributed by atoms with Crippen LogP contribution in [0.4, 0.5) is 0 Å². The standard InChI is InChI=1S/C22H24O11/c1-30-11-6-12-15(17(26)19(28)21(31-12)9-2-4-10(24)5-3-9)13(7-11)32-22-20(29)18(27)16(25)14(8-23)33-22/h2-7,14,16,18-25,27-29H,8H2,1H3/t14-,16-,18-,19+,20-,21+,22-/m0/s1. The second-order valence-corrected chi connectivity index (χ2v) is 7.75. The summed E-state index contributed by atoms with van der Waals surface area (Å²) in [6.07, 6.45) is -10.4. The molecule has 0 spiro atoms. The van der Waals surface area contributed by atoms with Crippen molar-refractivity contribution in [2.75, 3.05) is 13.7 Å². The zero-order valence-corrected chi connectivity index (χ0v) is 17.4. The van der Waals surface area contributed by atoms with E-state index in [0.717, 1.165) is 0 Å². The summed E-state index contributed by atoms with van der Waals surface area (Å²) in [4.78, 5) is 13.1. The summed E-state index contributed by atoms with van der Waals surface area (Å²) in [6.45, 7) is -0.657. The first-order valence-electron chi connectivity index (χ1n) is 10.1. The van der Waals surface area contributed by atoms with Gasteiger partial charge in [0.25, 0.3) is 0 Å². The largest absolute Gasteiger partial charge is 0.508 e. The van der Waals surface area contributed by atoms with E-state index in [1.54, 1.807) is 0 Å². The van der Waals surface area contributed by atoms with Crippen molar-refractivity contribution in [3.05, 3.63) is 47.5 Å². The van der Waals surface area contributed by atoms with Gasteiger partial charge >= 0.3 is 0 Å². The van der Waals surface area contributed by atoms with Crippen LogP contribution in [-0.2, 0) is 4.74 Å². The second-order valence-electron chi connectivity index (χ2n) is 7.75. The number of Topliss-reactive ketones (excluding diaryl/α,β-unsaturated/α-hetero) is 1. The number of aliphatic hydroxyl groups is 5. The highest BCUT2D eigenvalue weighted by atomic mass is 16.7. The average molecular weight is 464 g/mol. The number of fused-ring (bicyclic) bond motifs is 1. The van der Waals surface area contributed by atoms with Gasteiger partial charge in [-0.3, -0.25) is 4.79 Å². The lowest BCUT2D eigenvalue weighted by molar-refractivity contribution is -0.277. The van der Waals surface area contributed by atoms with Gasteiger partial charge in [-0.2, -0.15) is 0 Å². The number of aliphatic hydroxyl groups excluding tert-OH is 5. The predicted molar refractivity (Wildman–Crippen MR) is 109 cm³/mol. The van der Waals surface area contributed by atoms with Crippen LogP contribution >= 0.6 is 0 Å². The van der Waals surface area contributed by atoms with E-state index in [0.29, 0.717) is 5.56 Å². The van der Waals surface area contributed by atoms with Gasteiger partial charge in [-0.05, 0) is 17.7 Å². The number of rotatable bonds is 5. The molecule has 0 aliphatic carbocycles. The third-order valence-corrected chi connectivity index (χ3v) is 5.64. The Morgan fingerprint density at radius 2 is 1.70 bits per heavy atom. The Kier molecular flexibility index (Phi) is 6.43. The molecule has 2 aromatic rings. The van der Waals surface area contributed by atoms with Crippen molar-refractivity contribution in [3.63, 3.8) is 0 Å². The highest BCUT2D eigenvalue weighted by Gasteiger charge is 2.46. The van der Waals surface area contributed by atoms with Crippen LogP contribution in [0.15, 0.2) is 36.4 Å². The van der Waals surface area contributed by atoms with Crippen molar-refractivity contribution >= 4 is 5.78 Å². The molecule has 33 heavy (non-hydrogen) atoms. The molecule has 2 aliphatic heterocycles. The van der Waals surface area contributed by atoms with Crippen molar-refractivity contribution < 1.29 is 54.4 Å². The number of methoxy groups -OCH3 is 1. The van der Waals surface area contributed by atoms with Crippen molar-refractivity contribution in [1.29, 1.82) is 0 Å². The summed E-state index contributed by atoms with van der Waals surface area (Å²) in [6, 6.07) is 8.54. The number of carbonyl (C=O) groups is 1. The number of hydrogen-bond acceptors (Lipinski definition) is 11. The van der Waals surface area contributed by atoms with Gasteiger partial charge in [0.2, 0.25) is 12.1 Å². The first kappa shape index (κ1) is 23.2. The predicted octanol–water partition coefficient (Wildman–Crippen LogP) is -0.743. The lowest BCUT2D eigenvalue weighted by Crippen LogP contribution is -2.60. The van der Waals surface area contributed by atoms with Crippen LogP contribution in [0.5, 0.6) is 23.0 Å². The van der Waals surface area contributed by atoms with Crippen molar-refractivity contribution in [3.8, 4) is 23.0 Å². The number of benzene rings is 2. The van der Waals surface area contributed by atoms with Crippen LogP contribution in [-0.4, -0.2) is 86.9 Å². The normalized spacial score (nSPS) is 31.5. The molecule has 6 N–H and O–H groups in total. The zero-order valence-electron chi connectivity index (χ0n) is 17.4. The molecule has 7 atom stereocenters. The minimum absolute atomic E-state index is 0.00709. The second kappa shape index (κ2) is 9.14. The topological polar surface area (TPSA) is 175 Å². The fraction of sp³-hybridized carbons (Fsp3) is 0.409. The first-order valence-corrected chi connectivity index (χ1v) is 10.1. The van der Waals surface area contributed by atoms with E-state index in [1.807, 2.05) is 0 Å². The summed E-state index contributed by atoms with van der Waals surface area (Å²) in [5.41, 5.74) is 0.300. The number of ketones is 1. The Morgan fingerprint density at radius 1 is 1.00 bits per heavy atom. The number of carbonyl (C=O) groups excluding carboxylic acids is 1. The average Bonchev–Trinajstić information content (AvgIpc) is 2.81. The number of aromatic hydroxyl groups is 1. The van der Waals surface area contributed by atoms with Gasteiger partial charge in [0, 0.05) is 12.1 Å². The van der Waals surface area contributed by atoms with E-state index >= 15 is 0 Å². The molecule has 1 fully saturated rings. The molecular weight excluding hydrogens is 440 g/mol. The molecule has 178 valence electrons. The summed E-state index contributed by atoms with van der Waals surface area (Å²) in [5, 5.41) is 59.8. The minimum atomic E-state index is -1.71. The number of phenolic OH excluding ortho intramolecular Hbond substituents is 1. The Bertz CT molecular complexity index is 1010. The van der Waals surface area contributed by atoms with Crippen molar-refractivity contribution in [1.82, 2.24) is 0 Å². The number of ether oxygens (including phenoxy) is 4. The van der Waals surface area contributed by atoms with E-state index in [-0.39, 0.29) is 28.6 Å². The molecule has 0 unspecified atom stereocenters. The maximum absolute atomic E-state index is 13.1. The molecular formula is C22H24O11.